The molecule has 1 unspecified atom stereocenters. The number of hydrogen-bond acceptors (Lipinski definition) is 5. The van der Waals surface area contributed by atoms with Crippen molar-refractivity contribution >= 4 is 34.7 Å². The summed E-state index contributed by atoms with van der Waals surface area (Å²) in [7, 11) is 0. The van der Waals surface area contributed by atoms with Gasteiger partial charge in [0.1, 0.15) is 11.5 Å². The van der Waals surface area contributed by atoms with Gasteiger partial charge >= 0.3 is 0 Å². The molecule has 29 heavy (non-hydrogen) atoms. The van der Waals surface area contributed by atoms with Crippen molar-refractivity contribution in [2.45, 2.75) is 6.04 Å². The standard InChI is InChI=1S/C22H15ClN2O4/c23-15-7-3-5-13(11-15)20(27)18-19(14-6-4-10-24-12-14)25(22(29)21(18)28)16-8-1-2-9-17(16)26/h1-12,19,26-27H/b20-18+. The van der Waals surface area contributed by atoms with E-state index >= 15 is 0 Å². The molecule has 144 valence electrons. The first-order valence-electron chi connectivity index (χ1n) is 8.74. The Morgan fingerprint density at radius 3 is 2.52 bits per heavy atom. The molecular formula is C22H15ClN2O4. The topological polar surface area (TPSA) is 90.7 Å². The van der Waals surface area contributed by atoms with Gasteiger partial charge in [-0.2, -0.15) is 0 Å². The molecule has 7 heteroatoms. The second-order valence-electron chi connectivity index (χ2n) is 6.45. The number of rotatable bonds is 3. The van der Waals surface area contributed by atoms with E-state index in [0.717, 1.165) is 0 Å². The lowest BCUT2D eigenvalue weighted by Gasteiger charge is -2.25. The Bertz CT molecular complexity index is 1140. The average Bonchev–Trinajstić information content (AvgIpc) is 2.99. The zero-order valence-corrected chi connectivity index (χ0v) is 15.7. The number of anilines is 1. The zero-order valence-electron chi connectivity index (χ0n) is 15.0. The lowest BCUT2D eigenvalue weighted by atomic mass is 9.96. The quantitative estimate of drug-likeness (QED) is 0.389. The van der Waals surface area contributed by atoms with Gasteiger partial charge in [0.2, 0.25) is 0 Å². The molecule has 1 saturated heterocycles. The van der Waals surface area contributed by atoms with Crippen molar-refractivity contribution < 1.29 is 19.8 Å². The van der Waals surface area contributed by atoms with Crippen molar-refractivity contribution in [3.8, 4) is 5.75 Å². The number of pyridine rings is 1. The highest BCUT2D eigenvalue weighted by Crippen LogP contribution is 2.44. The largest absolute Gasteiger partial charge is 0.507 e. The van der Waals surface area contributed by atoms with Gasteiger partial charge in [0.05, 0.1) is 17.3 Å². The van der Waals surface area contributed by atoms with Gasteiger partial charge in [0.15, 0.2) is 0 Å². The van der Waals surface area contributed by atoms with Crippen molar-refractivity contribution in [1.29, 1.82) is 0 Å². The maximum atomic E-state index is 12.9. The minimum Gasteiger partial charge on any atom is -0.507 e. The number of phenolic OH excluding ortho intramolecular Hbond substituents is 1. The van der Waals surface area contributed by atoms with E-state index in [-0.39, 0.29) is 22.8 Å². The maximum Gasteiger partial charge on any atom is 0.300 e. The Morgan fingerprint density at radius 2 is 1.83 bits per heavy atom. The van der Waals surface area contributed by atoms with Crippen LogP contribution in [0.5, 0.6) is 5.75 Å². The monoisotopic (exact) mass is 406 g/mol. The van der Waals surface area contributed by atoms with Gasteiger partial charge in [0.25, 0.3) is 11.7 Å². The van der Waals surface area contributed by atoms with Crippen LogP contribution in [0.2, 0.25) is 5.02 Å². The molecule has 1 amide bonds. The van der Waals surface area contributed by atoms with Crippen LogP contribution >= 0.6 is 11.6 Å². The summed E-state index contributed by atoms with van der Waals surface area (Å²) < 4.78 is 0. The molecule has 3 aromatic rings. The molecule has 0 bridgehead atoms. The minimum atomic E-state index is -0.962. The molecule has 1 atom stereocenters. The van der Waals surface area contributed by atoms with Crippen LogP contribution in [0, 0.1) is 0 Å². The van der Waals surface area contributed by atoms with Crippen LogP contribution in [0.3, 0.4) is 0 Å². The van der Waals surface area contributed by atoms with Crippen LogP contribution in [0.4, 0.5) is 5.69 Å². The molecular weight excluding hydrogens is 392 g/mol. The highest BCUT2D eigenvalue weighted by molar-refractivity contribution is 6.52. The van der Waals surface area contributed by atoms with Gasteiger partial charge in [0, 0.05) is 23.0 Å². The average molecular weight is 407 g/mol. The number of aromatic hydroxyl groups is 1. The summed E-state index contributed by atoms with van der Waals surface area (Å²) in [5.41, 5.74) is 0.877. The van der Waals surface area contributed by atoms with Crippen LogP contribution in [-0.2, 0) is 9.59 Å². The predicted molar refractivity (Wildman–Crippen MR) is 109 cm³/mol. The molecule has 1 aliphatic heterocycles. The molecule has 2 heterocycles. The molecule has 6 nitrogen and oxygen atoms in total. The zero-order chi connectivity index (χ0) is 20.5. The molecule has 0 radical (unpaired) electrons. The number of Topliss-reactive ketones (excluding diaryl/α,β-unsaturated/α-hetero) is 1. The van der Waals surface area contributed by atoms with Crippen LogP contribution in [0.25, 0.3) is 5.76 Å². The second kappa shape index (κ2) is 7.41. The Balaban J connectivity index is 1.97. The molecule has 1 aromatic heterocycles. The molecule has 4 rings (SSSR count). The number of carbonyl (C=O) groups is 2. The van der Waals surface area contributed by atoms with E-state index in [1.165, 1.54) is 29.3 Å². The number of nitrogens with zero attached hydrogens (tertiary/aromatic N) is 2. The van der Waals surface area contributed by atoms with E-state index in [2.05, 4.69) is 4.98 Å². The number of ketones is 1. The molecule has 0 saturated carbocycles. The van der Waals surface area contributed by atoms with Crippen molar-refractivity contribution in [2.75, 3.05) is 4.90 Å². The van der Waals surface area contributed by atoms with E-state index < -0.39 is 17.7 Å². The lowest BCUT2D eigenvalue weighted by Crippen LogP contribution is -2.29. The number of halogens is 1. The summed E-state index contributed by atoms with van der Waals surface area (Å²) in [4.78, 5) is 31.1. The van der Waals surface area contributed by atoms with E-state index in [1.54, 1.807) is 48.7 Å². The predicted octanol–water partition coefficient (Wildman–Crippen LogP) is 4.07. The van der Waals surface area contributed by atoms with Gasteiger partial charge in [-0.15, -0.1) is 0 Å². The van der Waals surface area contributed by atoms with E-state index in [4.69, 9.17) is 11.6 Å². The van der Waals surface area contributed by atoms with Gasteiger partial charge in [-0.25, -0.2) is 0 Å². The van der Waals surface area contributed by atoms with Gasteiger partial charge in [-0.1, -0.05) is 41.9 Å². The summed E-state index contributed by atoms with van der Waals surface area (Å²) in [5.74, 6) is -2.23. The summed E-state index contributed by atoms with van der Waals surface area (Å²) >= 11 is 6.02. The Morgan fingerprint density at radius 1 is 1.03 bits per heavy atom. The number of amides is 1. The number of benzene rings is 2. The summed E-state index contributed by atoms with van der Waals surface area (Å²) in [5, 5.41) is 21.6. The molecule has 1 fully saturated rings. The summed E-state index contributed by atoms with van der Waals surface area (Å²) in [6.07, 6.45) is 3.07. The fraction of sp³-hybridized carbons (Fsp3) is 0.0455. The summed E-state index contributed by atoms with van der Waals surface area (Å²) in [6.45, 7) is 0. The first-order valence-corrected chi connectivity index (χ1v) is 9.11. The maximum absolute atomic E-state index is 12.9. The molecule has 0 spiro atoms. The number of aromatic nitrogens is 1. The molecule has 0 aliphatic carbocycles. The highest BCUT2D eigenvalue weighted by atomic mass is 35.5. The van der Waals surface area contributed by atoms with Crippen molar-refractivity contribution in [1.82, 2.24) is 4.98 Å². The van der Waals surface area contributed by atoms with Crippen LogP contribution < -0.4 is 4.90 Å². The number of aliphatic hydroxyl groups excluding tert-OH is 1. The number of aliphatic hydroxyl groups is 1. The third kappa shape index (κ3) is 3.23. The van der Waals surface area contributed by atoms with Crippen molar-refractivity contribution in [3.63, 3.8) is 0 Å². The molecule has 1 aliphatic rings. The fourth-order valence-electron chi connectivity index (χ4n) is 3.39. The number of phenols is 1. The van der Waals surface area contributed by atoms with Crippen LogP contribution in [-0.4, -0.2) is 26.9 Å². The second-order valence-corrected chi connectivity index (χ2v) is 6.89. The third-order valence-corrected chi connectivity index (χ3v) is 4.92. The molecule has 2 aromatic carbocycles. The van der Waals surface area contributed by atoms with Crippen molar-refractivity contribution in [3.05, 3.63) is 94.8 Å². The van der Waals surface area contributed by atoms with Crippen LogP contribution in [0.1, 0.15) is 17.2 Å². The van der Waals surface area contributed by atoms with E-state index in [0.29, 0.717) is 16.1 Å². The Hall–Kier alpha value is -3.64. The summed E-state index contributed by atoms with van der Waals surface area (Å²) in [6, 6.07) is 15.0. The Kier molecular flexibility index (Phi) is 4.78. The third-order valence-electron chi connectivity index (χ3n) is 4.68. The lowest BCUT2D eigenvalue weighted by molar-refractivity contribution is -0.132. The Labute approximate surface area is 171 Å². The highest BCUT2D eigenvalue weighted by Gasteiger charge is 2.47. The molecule has 2 N–H and O–H groups in total. The first kappa shape index (κ1) is 18.7. The normalized spacial score (nSPS) is 18.2. The number of hydrogen-bond donors (Lipinski definition) is 2. The van der Waals surface area contributed by atoms with Crippen LogP contribution in [0.15, 0.2) is 78.6 Å². The number of para-hydroxylation sites is 2. The van der Waals surface area contributed by atoms with Gasteiger partial charge in [-0.3, -0.25) is 19.5 Å². The van der Waals surface area contributed by atoms with Gasteiger partial charge in [-0.05, 0) is 35.9 Å². The first-order chi connectivity index (χ1) is 14.0. The number of carbonyl (C=O) groups excluding carboxylic acids is 2. The minimum absolute atomic E-state index is 0.103. The fourth-order valence-corrected chi connectivity index (χ4v) is 3.58. The smallest absolute Gasteiger partial charge is 0.300 e. The SMILES string of the molecule is O=C1C(=O)N(c2ccccc2O)C(c2cccnc2)/C1=C(\O)c1cccc(Cl)c1. The van der Waals surface area contributed by atoms with E-state index in [9.17, 15) is 19.8 Å². The van der Waals surface area contributed by atoms with Crippen molar-refractivity contribution in [2.24, 2.45) is 0 Å². The van der Waals surface area contributed by atoms with E-state index in [1.807, 2.05) is 0 Å². The van der Waals surface area contributed by atoms with Gasteiger partial charge < -0.3 is 10.2 Å².